The van der Waals surface area contributed by atoms with E-state index in [9.17, 15) is 29.1 Å². The zero-order valence-electron chi connectivity index (χ0n) is 38.3. The number of unbranched alkanes of at least 4 members (excludes halogenated alkanes) is 9. The van der Waals surface area contributed by atoms with Gasteiger partial charge in [0.25, 0.3) is 0 Å². The van der Waals surface area contributed by atoms with E-state index < -0.39 is 29.4 Å². The molecule has 342 valence electrons. The van der Waals surface area contributed by atoms with Crippen LogP contribution < -0.4 is 0 Å². The molecular formula is C47H89NO10. The van der Waals surface area contributed by atoms with E-state index in [-0.39, 0.29) is 37.8 Å². The fraction of sp³-hybridized carbons (Fsp3) is 0.894. The summed E-state index contributed by atoms with van der Waals surface area (Å²) in [7, 11) is 0. The molecule has 0 aliphatic carbocycles. The zero-order valence-corrected chi connectivity index (χ0v) is 38.3. The molecule has 0 heterocycles. The molecule has 0 aromatic carbocycles. The predicted molar refractivity (Wildman–Crippen MR) is 234 cm³/mol. The number of ether oxygens (including phenoxy) is 2. The molecule has 0 aliphatic heterocycles. The minimum Gasteiger partial charge on any atom is -0.481 e. The summed E-state index contributed by atoms with van der Waals surface area (Å²) in [5.74, 6) is -2.23. The van der Waals surface area contributed by atoms with Crippen molar-refractivity contribution in [3.63, 3.8) is 0 Å². The van der Waals surface area contributed by atoms with E-state index in [4.69, 9.17) is 19.7 Å². The third-order valence-electron chi connectivity index (χ3n) is 11.3. The normalized spacial score (nSPS) is 13.8. The Labute approximate surface area is 354 Å². The number of aliphatic carboxylic acids is 3. The Kier molecular flexibility index (Phi) is 38.1. The highest BCUT2D eigenvalue weighted by molar-refractivity contribution is 5.75. The van der Waals surface area contributed by atoms with Gasteiger partial charge in [-0.25, -0.2) is 0 Å². The molecule has 3 N–H and O–H groups in total. The summed E-state index contributed by atoms with van der Waals surface area (Å²) < 4.78 is 11.0. The second kappa shape index (κ2) is 38.5. The number of carboxylic acids is 3. The first-order valence-corrected chi connectivity index (χ1v) is 23.5. The van der Waals surface area contributed by atoms with Crippen LogP contribution in [-0.2, 0) is 33.4 Å². The Hall–Kier alpha value is -2.69. The van der Waals surface area contributed by atoms with Crippen LogP contribution in [0.1, 0.15) is 222 Å². The molecule has 0 saturated carbocycles. The molecule has 11 heteroatoms. The van der Waals surface area contributed by atoms with Gasteiger partial charge in [-0.1, -0.05) is 144 Å². The van der Waals surface area contributed by atoms with Crippen LogP contribution in [0.3, 0.4) is 0 Å². The fourth-order valence-corrected chi connectivity index (χ4v) is 7.79. The number of rotatable bonds is 39. The van der Waals surface area contributed by atoms with Gasteiger partial charge in [-0.15, -0.1) is 0 Å². The molecule has 0 radical (unpaired) electrons. The minimum absolute atomic E-state index is 0.0262. The summed E-state index contributed by atoms with van der Waals surface area (Å²) in [5.41, 5.74) is -0.819. The van der Waals surface area contributed by atoms with E-state index >= 15 is 0 Å². The maximum Gasteiger partial charge on any atom is 0.309 e. The van der Waals surface area contributed by atoms with Crippen LogP contribution in [0.5, 0.6) is 0 Å². The number of carbonyl (C=O) groups is 5. The Bertz CT molecular complexity index is 1000. The lowest BCUT2D eigenvalue weighted by atomic mass is 9.67. The maximum atomic E-state index is 13.4. The summed E-state index contributed by atoms with van der Waals surface area (Å²) >= 11 is 0. The summed E-state index contributed by atoms with van der Waals surface area (Å²) in [4.78, 5) is 60.5. The highest BCUT2D eigenvalue weighted by atomic mass is 16.6. The number of nitrogens with zero attached hydrogens (tertiary/aromatic N) is 1. The van der Waals surface area contributed by atoms with Gasteiger partial charge in [0.1, 0.15) is 12.7 Å². The Morgan fingerprint density at radius 2 is 0.983 bits per heavy atom. The molecule has 0 rings (SSSR count). The second-order valence-corrected chi connectivity index (χ2v) is 16.7. The monoisotopic (exact) mass is 828 g/mol. The van der Waals surface area contributed by atoms with E-state index in [1.165, 1.54) is 51.4 Å². The second-order valence-electron chi connectivity index (χ2n) is 16.7. The first-order chi connectivity index (χ1) is 27.7. The van der Waals surface area contributed by atoms with Gasteiger partial charge in [0.05, 0.1) is 5.41 Å². The number of carboxylic acid groups (broad SMARTS) is 3. The smallest absolute Gasteiger partial charge is 0.309 e. The van der Waals surface area contributed by atoms with Crippen molar-refractivity contribution in [1.82, 2.24) is 4.90 Å². The lowest BCUT2D eigenvalue weighted by molar-refractivity contribution is -0.158. The average Bonchev–Trinajstić information content (AvgIpc) is 3.18. The lowest BCUT2D eigenvalue weighted by Crippen LogP contribution is -2.36. The first kappa shape index (κ1) is 57.4. The van der Waals surface area contributed by atoms with Crippen molar-refractivity contribution in [3.05, 3.63) is 0 Å². The van der Waals surface area contributed by atoms with Gasteiger partial charge in [-0.05, 0) is 83.3 Å². The number of hydrogen-bond acceptors (Lipinski definition) is 8. The predicted octanol–water partition coefficient (Wildman–Crippen LogP) is 11.9. The molecular weight excluding hydrogens is 739 g/mol. The maximum absolute atomic E-state index is 13.4. The third-order valence-corrected chi connectivity index (χ3v) is 11.3. The van der Waals surface area contributed by atoms with Gasteiger partial charge in [-0.3, -0.25) is 24.0 Å². The molecule has 3 atom stereocenters. The minimum atomic E-state index is -0.870. The van der Waals surface area contributed by atoms with Gasteiger partial charge in [0, 0.05) is 25.7 Å². The van der Waals surface area contributed by atoms with Crippen LogP contribution >= 0.6 is 0 Å². The van der Waals surface area contributed by atoms with Crippen LogP contribution in [0, 0.1) is 17.3 Å². The van der Waals surface area contributed by atoms with Crippen LogP contribution in [0.25, 0.3) is 0 Å². The SMILES string of the molecule is CCCCCCC(CCCC)CC(CCCC(=O)OCC(C)OC(=O)CCCN(CC)CC)(CC(CCCC)CCCCCC)C(=O)O.O=C(O)CCCCC(=O)O. The van der Waals surface area contributed by atoms with Crippen molar-refractivity contribution in [1.29, 1.82) is 0 Å². The summed E-state index contributed by atoms with van der Waals surface area (Å²) in [6, 6.07) is 0. The molecule has 0 bridgehead atoms. The van der Waals surface area contributed by atoms with Crippen molar-refractivity contribution in [2.45, 2.75) is 228 Å². The summed E-state index contributed by atoms with van der Waals surface area (Å²) in [6.45, 7) is 17.7. The van der Waals surface area contributed by atoms with Gasteiger partial charge in [0.2, 0.25) is 0 Å². The van der Waals surface area contributed by atoms with Crippen LogP contribution in [-0.4, -0.2) is 82.4 Å². The largest absolute Gasteiger partial charge is 0.481 e. The van der Waals surface area contributed by atoms with Gasteiger partial charge >= 0.3 is 29.8 Å². The molecule has 0 saturated heterocycles. The van der Waals surface area contributed by atoms with Crippen LogP contribution in [0.4, 0.5) is 0 Å². The number of hydrogen-bond donors (Lipinski definition) is 3. The molecule has 3 unspecified atom stereocenters. The number of esters is 2. The molecule has 0 aliphatic rings. The number of carbonyl (C=O) groups excluding carboxylic acids is 2. The van der Waals surface area contributed by atoms with Crippen LogP contribution in [0.2, 0.25) is 0 Å². The van der Waals surface area contributed by atoms with Crippen molar-refractivity contribution in [2.24, 2.45) is 17.3 Å². The Balaban J connectivity index is 0. The Morgan fingerprint density at radius 3 is 1.40 bits per heavy atom. The standard InChI is InChI=1S/C41H79NO6.C6H10O4/c1-8-14-18-20-26-36(24-16-10-3)32-41(40(45)46,33-37(25-17-11-4)27-21-19-15-9-2)30-22-28-38(43)47-34-35(7)48-39(44)29-23-31-42(12-5)13-6;7-5(8)3-1-2-4-6(9)10/h35-37H,8-34H2,1-7H3,(H,45,46);1-4H2,(H,7,8)(H,9,10). The highest BCUT2D eigenvalue weighted by Crippen LogP contribution is 2.44. The van der Waals surface area contributed by atoms with Crippen LogP contribution in [0.15, 0.2) is 0 Å². The average molecular weight is 828 g/mol. The molecule has 0 aromatic heterocycles. The van der Waals surface area contributed by atoms with Gasteiger partial charge < -0.3 is 29.7 Å². The molecule has 58 heavy (non-hydrogen) atoms. The first-order valence-electron chi connectivity index (χ1n) is 23.5. The molecule has 0 spiro atoms. The zero-order chi connectivity index (χ0) is 44.0. The van der Waals surface area contributed by atoms with E-state index in [0.29, 0.717) is 56.8 Å². The van der Waals surface area contributed by atoms with Crippen molar-refractivity contribution < 1.29 is 48.8 Å². The van der Waals surface area contributed by atoms with Crippen molar-refractivity contribution in [3.8, 4) is 0 Å². The third kappa shape index (κ3) is 33.2. The van der Waals surface area contributed by atoms with E-state index in [2.05, 4.69) is 46.4 Å². The fourth-order valence-electron chi connectivity index (χ4n) is 7.79. The quantitative estimate of drug-likeness (QED) is 0.0398. The van der Waals surface area contributed by atoms with Crippen molar-refractivity contribution in [2.75, 3.05) is 26.2 Å². The molecule has 0 aromatic rings. The van der Waals surface area contributed by atoms with E-state index in [0.717, 1.165) is 77.4 Å². The lowest BCUT2D eigenvalue weighted by Gasteiger charge is -2.37. The van der Waals surface area contributed by atoms with E-state index in [1.54, 1.807) is 6.92 Å². The van der Waals surface area contributed by atoms with Crippen molar-refractivity contribution >= 4 is 29.8 Å². The van der Waals surface area contributed by atoms with Gasteiger partial charge in [-0.2, -0.15) is 0 Å². The summed E-state index contributed by atoms with van der Waals surface area (Å²) in [6.07, 6.45) is 22.7. The summed E-state index contributed by atoms with van der Waals surface area (Å²) in [5, 5.41) is 27.2. The molecule has 0 fully saturated rings. The van der Waals surface area contributed by atoms with Gasteiger partial charge in [0.15, 0.2) is 0 Å². The Morgan fingerprint density at radius 1 is 0.534 bits per heavy atom. The highest BCUT2D eigenvalue weighted by Gasteiger charge is 2.41. The topological polar surface area (TPSA) is 168 Å². The molecule has 11 nitrogen and oxygen atoms in total. The van der Waals surface area contributed by atoms with E-state index in [1.807, 2.05) is 0 Å². The molecule has 0 amide bonds.